The lowest BCUT2D eigenvalue weighted by Crippen LogP contribution is -2.65. The molecule has 2 aliphatic heterocycles. The molecule has 0 spiro atoms. The molecule has 8 nitrogen and oxygen atoms in total. The van der Waals surface area contributed by atoms with E-state index >= 15 is 0 Å². The van der Waals surface area contributed by atoms with Crippen LogP contribution in [0.2, 0.25) is 0 Å². The molecule has 0 radical (unpaired) electrons. The second kappa shape index (κ2) is 6.29. The number of carbonyl (C=O) groups is 2. The largest absolute Gasteiger partial charge is 0.335 e. The maximum atomic E-state index is 12.4. The number of likely N-dealkylation sites (N-methyl/N-ethyl adjacent to an activating group) is 1. The summed E-state index contributed by atoms with van der Waals surface area (Å²) in [6, 6.07) is 5.40. The molecule has 2 aliphatic rings. The highest BCUT2D eigenvalue weighted by Crippen LogP contribution is 2.19. The van der Waals surface area contributed by atoms with Crippen LogP contribution in [0.15, 0.2) is 36.8 Å². The van der Waals surface area contributed by atoms with E-state index in [-0.39, 0.29) is 24.4 Å². The first-order valence-corrected chi connectivity index (χ1v) is 8.34. The van der Waals surface area contributed by atoms with E-state index in [1.807, 2.05) is 22.9 Å². The Bertz CT molecular complexity index is 789. The Kier molecular flexibility index (Phi) is 3.96. The molecule has 1 atom stereocenters. The van der Waals surface area contributed by atoms with Crippen LogP contribution in [0.5, 0.6) is 0 Å². The molecule has 0 unspecified atom stereocenters. The predicted molar refractivity (Wildman–Crippen MR) is 89.8 cm³/mol. The van der Waals surface area contributed by atoms with Crippen LogP contribution in [0.3, 0.4) is 0 Å². The smallest absolute Gasteiger partial charge is 0.246 e. The van der Waals surface area contributed by atoms with Crippen molar-refractivity contribution in [1.82, 2.24) is 29.2 Å². The number of fused-ring (bicyclic) bond motifs is 1. The van der Waals surface area contributed by atoms with Gasteiger partial charge in [0.15, 0.2) is 0 Å². The number of hydrogen-bond donors (Lipinski definition) is 0. The van der Waals surface area contributed by atoms with Crippen molar-refractivity contribution in [3.8, 4) is 5.95 Å². The summed E-state index contributed by atoms with van der Waals surface area (Å²) in [5.74, 6) is 0.684. The van der Waals surface area contributed by atoms with Gasteiger partial charge in [-0.2, -0.15) is 0 Å². The zero-order valence-corrected chi connectivity index (χ0v) is 14.1. The first-order valence-electron chi connectivity index (χ1n) is 8.34. The van der Waals surface area contributed by atoms with Crippen LogP contribution in [0.4, 0.5) is 0 Å². The Morgan fingerprint density at radius 1 is 1.16 bits per heavy atom. The maximum Gasteiger partial charge on any atom is 0.246 e. The van der Waals surface area contributed by atoms with Crippen LogP contribution in [-0.4, -0.2) is 80.3 Å². The third-order valence-corrected chi connectivity index (χ3v) is 4.80. The van der Waals surface area contributed by atoms with Crippen molar-refractivity contribution in [2.45, 2.75) is 12.6 Å². The maximum absolute atomic E-state index is 12.4. The monoisotopic (exact) mass is 340 g/mol. The summed E-state index contributed by atoms with van der Waals surface area (Å²) < 4.78 is 1.95. The minimum Gasteiger partial charge on any atom is -0.335 e. The normalized spacial score (nSPS) is 21.6. The molecule has 2 aromatic rings. The molecule has 25 heavy (non-hydrogen) atoms. The molecule has 2 aromatic heterocycles. The van der Waals surface area contributed by atoms with Crippen molar-refractivity contribution >= 4 is 11.8 Å². The van der Waals surface area contributed by atoms with Gasteiger partial charge in [0.05, 0.1) is 6.54 Å². The van der Waals surface area contributed by atoms with Gasteiger partial charge in [-0.25, -0.2) is 9.97 Å². The van der Waals surface area contributed by atoms with E-state index in [2.05, 4.69) is 14.9 Å². The highest BCUT2D eigenvalue weighted by atomic mass is 16.2. The van der Waals surface area contributed by atoms with Crippen molar-refractivity contribution in [1.29, 1.82) is 0 Å². The van der Waals surface area contributed by atoms with Gasteiger partial charge in [-0.3, -0.25) is 19.1 Å². The molecule has 2 fully saturated rings. The Hall–Kier alpha value is -2.74. The lowest BCUT2D eigenvalue weighted by Gasteiger charge is -2.45. The second-order valence-electron chi connectivity index (χ2n) is 6.45. The molecule has 2 saturated heterocycles. The number of rotatable bonds is 3. The van der Waals surface area contributed by atoms with E-state index < -0.39 is 0 Å². The topological polar surface area (TPSA) is 74.6 Å². The molecule has 0 aromatic carbocycles. The number of aromatic nitrogens is 3. The standard InChI is InChI=1S/C17H20N6O2/c1-20-12-15(24)23-9-8-21(11-14(23)16(20)25)10-13-4-2-7-22(13)17-18-5-3-6-19-17/h2-7,14H,8-12H2,1H3/t14-/m1/s1. The fourth-order valence-corrected chi connectivity index (χ4v) is 3.50. The average molecular weight is 340 g/mol. The summed E-state index contributed by atoms with van der Waals surface area (Å²) in [7, 11) is 1.69. The molecule has 0 N–H and O–H groups in total. The molecule has 130 valence electrons. The Labute approximate surface area is 145 Å². The van der Waals surface area contributed by atoms with E-state index in [9.17, 15) is 9.59 Å². The molecular formula is C17H20N6O2. The number of amides is 2. The lowest BCUT2D eigenvalue weighted by atomic mass is 10.1. The van der Waals surface area contributed by atoms with Crippen LogP contribution < -0.4 is 0 Å². The lowest BCUT2D eigenvalue weighted by molar-refractivity contribution is -0.158. The van der Waals surface area contributed by atoms with Crippen molar-refractivity contribution < 1.29 is 9.59 Å². The fourth-order valence-electron chi connectivity index (χ4n) is 3.50. The number of piperazine rings is 2. The molecule has 8 heteroatoms. The van der Waals surface area contributed by atoms with Crippen molar-refractivity contribution in [3.63, 3.8) is 0 Å². The second-order valence-corrected chi connectivity index (χ2v) is 6.45. The fraction of sp³-hybridized carbons (Fsp3) is 0.412. The number of hydrogen-bond acceptors (Lipinski definition) is 5. The van der Waals surface area contributed by atoms with Crippen LogP contribution in [0.25, 0.3) is 5.95 Å². The van der Waals surface area contributed by atoms with E-state index in [0.717, 1.165) is 12.2 Å². The Balaban J connectivity index is 1.51. The minimum absolute atomic E-state index is 0.0195. The third-order valence-electron chi connectivity index (χ3n) is 4.80. The SMILES string of the molecule is CN1CC(=O)N2CCN(Cc3cccn3-c3ncccn3)C[C@@H]2C1=O. The van der Waals surface area contributed by atoms with Gasteiger partial charge < -0.3 is 9.80 Å². The number of nitrogens with zero attached hydrogens (tertiary/aromatic N) is 6. The third kappa shape index (κ3) is 2.89. The minimum atomic E-state index is -0.378. The highest BCUT2D eigenvalue weighted by molar-refractivity contribution is 5.95. The average Bonchev–Trinajstić information content (AvgIpc) is 3.08. The van der Waals surface area contributed by atoms with Crippen molar-refractivity contribution in [2.24, 2.45) is 0 Å². The van der Waals surface area contributed by atoms with Gasteiger partial charge >= 0.3 is 0 Å². The quantitative estimate of drug-likeness (QED) is 0.770. The summed E-state index contributed by atoms with van der Waals surface area (Å²) in [5, 5.41) is 0. The van der Waals surface area contributed by atoms with Crippen LogP contribution >= 0.6 is 0 Å². The van der Waals surface area contributed by atoms with Gasteiger partial charge in [0.1, 0.15) is 6.04 Å². The summed E-state index contributed by atoms with van der Waals surface area (Å²) >= 11 is 0. The van der Waals surface area contributed by atoms with Gasteiger partial charge in [0, 0.05) is 57.5 Å². The van der Waals surface area contributed by atoms with E-state index in [0.29, 0.717) is 25.6 Å². The summed E-state index contributed by atoms with van der Waals surface area (Å²) in [5.41, 5.74) is 1.06. The molecule has 2 amide bonds. The van der Waals surface area contributed by atoms with Gasteiger partial charge in [-0.05, 0) is 18.2 Å². The van der Waals surface area contributed by atoms with Crippen molar-refractivity contribution in [2.75, 3.05) is 33.2 Å². The summed E-state index contributed by atoms with van der Waals surface area (Å²) in [6.07, 6.45) is 5.37. The molecular weight excluding hydrogens is 320 g/mol. The predicted octanol–water partition coefficient (Wildman–Crippen LogP) is -0.248. The first-order chi connectivity index (χ1) is 12.1. The van der Waals surface area contributed by atoms with Gasteiger partial charge in [-0.1, -0.05) is 0 Å². The van der Waals surface area contributed by atoms with Crippen LogP contribution in [0.1, 0.15) is 5.69 Å². The summed E-state index contributed by atoms with van der Waals surface area (Å²) in [4.78, 5) is 38.6. The van der Waals surface area contributed by atoms with E-state index in [1.54, 1.807) is 30.4 Å². The van der Waals surface area contributed by atoms with Crippen LogP contribution in [0, 0.1) is 0 Å². The van der Waals surface area contributed by atoms with Crippen LogP contribution in [-0.2, 0) is 16.1 Å². The molecule has 0 bridgehead atoms. The van der Waals surface area contributed by atoms with Gasteiger partial charge in [-0.15, -0.1) is 0 Å². The molecule has 0 aliphatic carbocycles. The molecule has 4 heterocycles. The summed E-state index contributed by atoms with van der Waals surface area (Å²) in [6.45, 7) is 2.76. The Morgan fingerprint density at radius 3 is 2.76 bits per heavy atom. The first kappa shape index (κ1) is 15.8. The van der Waals surface area contributed by atoms with E-state index in [4.69, 9.17) is 0 Å². The molecule has 0 saturated carbocycles. The van der Waals surface area contributed by atoms with Gasteiger partial charge in [0.2, 0.25) is 17.8 Å². The molecule has 4 rings (SSSR count). The highest BCUT2D eigenvalue weighted by Gasteiger charge is 2.41. The zero-order valence-electron chi connectivity index (χ0n) is 14.1. The van der Waals surface area contributed by atoms with Crippen molar-refractivity contribution in [3.05, 3.63) is 42.5 Å². The zero-order chi connectivity index (χ0) is 17.4. The number of carbonyl (C=O) groups excluding carboxylic acids is 2. The Morgan fingerprint density at radius 2 is 1.96 bits per heavy atom. The van der Waals surface area contributed by atoms with Gasteiger partial charge in [0.25, 0.3) is 0 Å². The van der Waals surface area contributed by atoms with E-state index in [1.165, 1.54) is 4.90 Å².